The maximum absolute atomic E-state index is 13.1. The first-order valence-corrected chi connectivity index (χ1v) is 13.9. The van der Waals surface area contributed by atoms with E-state index in [2.05, 4.69) is 20.9 Å². The van der Waals surface area contributed by atoms with Crippen molar-refractivity contribution in [3.05, 3.63) is 36.0 Å². The second-order valence-corrected chi connectivity index (χ2v) is 9.93. The Hall–Kier alpha value is -3.13. The lowest BCUT2D eigenvalue weighted by atomic mass is 10.0. The number of carbonyl (C=O) groups is 4. The van der Waals surface area contributed by atoms with E-state index in [9.17, 15) is 29.4 Å². The Bertz CT molecular complexity index is 1080. The summed E-state index contributed by atoms with van der Waals surface area (Å²) < 4.78 is 0. The Balaban J connectivity index is 2.06. The number of carboxylic acid groups (broad SMARTS) is 1. The van der Waals surface area contributed by atoms with Gasteiger partial charge in [-0.25, -0.2) is 4.79 Å². The largest absolute Gasteiger partial charge is 0.480 e. The number of aliphatic hydroxyl groups excluding tert-OH is 1. The van der Waals surface area contributed by atoms with Crippen LogP contribution in [-0.2, 0) is 25.6 Å². The molecule has 2 aromatic rings. The summed E-state index contributed by atoms with van der Waals surface area (Å²) in [6.07, 6.45) is 5.49. The highest BCUT2D eigenvalue weighted by Gasteiger charge is 2.30. The number of para-hydroxylation sites is 1. The monoisotopic (exact) mass is 550 g/mol. The quantitative estimate of drug-likeness (QED) is 0.119. The zero-order valence-corrected chi connectivity index (χ0v) is 22.3. The van der Waals surface area contributed by atoms with Crippen molar-refractivity contribution in [1.82, 2.24) is 20.9 Å². The van der Waals surface area contributed by atoms with Crippen molar-refractivity contribution in [2.75, 3.05) is 25.2 Å². The first-order chi connectivity index (χ1) is 18.2. The van der Waals surface area contributed by atoms with Crippen LogP contribution in [0.2, 0.25) is 0 Å². The van der Waals surface area contributed by atoms with Crippen LogP contribution in [0.5, 0.6) is 0 Å². The summed E-state index contributed by atoms with van der Waals surface area (Å²) in [5.74, 6) is -2.78. The standard InChI is InChI=1S/C25H38N6O6S/c1-38-11-9-19(29-24(35)21(14-32)31-22(33)17(27)7-4-5-10-26)23(34)30-20(25(36)37)12-15-13-28-18-8-3-2-6-16(15)18/h2-3,6,8,13,17,19-21,28,32H,4-5,7,9-12,14,26-27H2,1H3,(H,29,35)(H,30,34)(H,31,33)(H,36,37). The SMILES string of the molecule is CSCCC(NC(=O)C(CO)NC(=O)C(N)CCCCN)C(=O)NC(Cc1c[nH]c2ccccc12)C(=O)O. The maximum Gasteiger partial charge on any atom is 0.326 e. The fraction of sp³-hybridized carbons (Fsp3) is 0.520. The van der Waals surface area contributed by atoms with Gasteiger partial charge in [0, 0.05) is 23.5 Å². The maximum atomic E-state index is 13.1. The first kappa shape index (κ1) is 31.1. The first-order valence-electron chi connectivity index (χ1n) is 12.5. The number of nitrogens with two attached hydrogens (primary N) is 2. The normalized spacial score (nSPS) is 14.3. The molecule has 210 valence electrons. The van der Waals surface area contributed by atoms with E-state index in [1.165, 1.54) is 11.8 Å². The van der Waals surface area contributed by atoms with Gasteiger partial charge in [0.15, 0.2) is 0 Å². The van der Waals surface area contributed by atoms with E-state index < -0.39 is 54.5 Å². The number of carboxylic acids is 1. The molecule has 0 saturated carbocycles. The molecule has 0 spiro atoms. The summed E-state index contributed by atoms with van der Waals surface area (Å²) in [6, 6.07) is 2.90. The lowest BCUT2D eigenvalue weighted by Crippen LogP contribution is -2.58. The number of hydrogen-bond donors (Lipinski definition) is 8. The van der Waals surface area contributed by atoms with Crippen LogP contribution in [0, 0.1) is 0 Å². The molecule has 12 nitrogen and oxygen atoms in total. The molecule has 0 saturated heterocycles. The molecule has 0 aliphatic carbocycles. The Labute approximate surface area is 225 Å². The van der Waals surface area contributed by atoms with Gasteiger partial charge < -0.3 is 42.6 Å². The topological polar surface area (TPSA) is 213 Å². The van der Waals surface area contributed by atoms with Crippen molar-refractivity contribution in [2.45, 2.75) is 56.3 Å². The number of carbonyl (C=O) groups excluding carboxylic acids is 3. The Morgan fingerprint density at radius 2 is 1.63 bits per heavy atom. The fourth-order valence-electron chi connectivity index (χ4n) is 3.88. The van der Waals surface area contributed by atoms with Crippen LogP contribution in [0.15, 0.2) is 30.5 Å². The van der Waals surface area contributed by atoms with Crippen LogP contribution in [0.25, 0.3) is 10.9 Å². The summed E-state index contributed by atoms with van der Waals surface area (Å²) >= 11 is 1.45. The predicted octanol–water partition coefficient (Wildman–Crippen LogP) is -0.549. The lowest BCUT2D eigenvalue weighted by Gasteiger charge is -2.24. The van der Waals surface area contributed by atoms with Crippen LogP contribution in [0.1, 0.15) is 31.2 Å². The number of fused-ring (bicyclic) bond motifs is 1. The molecule has 10 N–H and O–H groups in total. The van der Waals surface area contributed by atoms with Crippen LogP contribution >= 0.6 is 11.8 Å². The Morgan fingerprint density at radius 1 is 0.974 bits per heavy atom. The average molecular weight is 551 g/mol. The number of nitrogens with one attached hydrogen (secondary N) is 4. The van der Waals surface area contributed by atoms with Crippen LogP contribution in [-0.4, -0.2) is 88.2 Å². The molecule has 3 amide bonds. The fourth-order valence-corrected chi connectivity index (χ4v) is 4.35. The van der Waals surface area contributed by atoms with Gasteiger partial charge in [-0.15, -0.1) is 0 Å². The molecule has 0 aliphatic heterocycles. The van der Waals surface area contributed by atoms with Gasteiger partial charge in [-0.1, -0.05) is 24.6 Å². The minimum Gasteiger partial charge on any atom is -0.480 e. The van der Waals surface area contributed by atoms with Crippen molar-refractivity contribution < 1.29 is 29.4 Å². The molecule has 2 rings (SSSR count). The number of amides is 3. The lowest BCUT2D eigenvalue weighted by molar-refractivity contribution is -0.142. The van der Waals surface area contributed by atoms with Gasteiger partial charge in [0.2, 0.25) is 17.7 Å². The number of benzene rings is 1. The number of thioether (sulfide) groups is 1. The molecule has 13 heteroatoms. The van der Waals surface area contributed by atoms with E-state index in [1.807, 2.05) is 30.5 Å². The molecule has 38 heavy (non-hydrogen) atoms. The minimum absolute atomic E-state index is 0.0334. The number of aromatic nitrogens is 1. The minimum atomic E-state index is -1.32. The van der Waals surface area contributed by atoms with Gasteiger partial charge in [0.25, 0.3) is 0 Å². The third-order valence-corrected chi connectivity index (χ3v) is 6.72. The zero-order chi connectivity index (χ0) is 28.1. The van der Waals surface area contributed by atoms with Gasteiger partial charge in [-0.2, -0.15) is 11.8 Å². The number of H-pyrrole nitrogens is 1. The van der Waals surface area contributed by atoms with E-state index in [-0.39, 0.29) is 12.8 Å². The molecule has 0 bridgehead atoms. The van der Waals surface area contributed by atoms with Crippen molar-refractivity contribution in [3.63, 3.8) is 0 Å². The van der Waals surface area contributed by atoms with Crippen molar-refractivity contribution in [3.8, 4) is 0 Å². The van der Waals surface area contributed by atoms with Crippen LogP contribution in [0.3, 0.4) is 0 Å². The second-order valence-electron chi connectivity index (χ2n) is 8.94. The van der Waals surface area contributed by atoms with E-state index in [1.54, 1.807) is 6.20 Å². The van der Waals surface area contributed by atoms with Gasteiger partial charge >= 0.3 is 5.97 Å². The molecular formula is C25H38N6O6S. The molecular weight excluding hydrogens is 512 g/mol. The Morgan fingerprint density at radius 3 is 2.29 bits per heavy atom. The summed E-state index contributed by atoms with van der Waals surface area (Å²) in [5.41, 5.74) is 12.9. The summed E-state index contributed by atoms with van der Waals surface area (Å²) in [6.45, 7) is -0.234. The van der Waals surface area contributed by atoms with Gasteiger partial charge in [-0.05, 0) is 49.4 Å². The second kappa shape index (κ2) is 16.0. The van der Waals surface area contributed by atoms with Crippen molar-refractivity contribution in [2.24, 2.45) is 11.5 Å². The van der Waals surface area contributed by atoms with Crippen molar-refractivity contribution in [1.29, 1.82) is 0 Å². The smallest absolute Gasteiger partial charge is 0.326 e. The van der Waals surface area contributed by atoms with E-state index in [0.717, 1.165) is 16.5 Å². The highest BCUT2D eigenvalue weighted by molar-refractivity contribution is 7.98. The molecule has 4 atom stereocenters. The third kappa shape index (κ3) is 9.31. The van der Waals surface area contributed by atoms with Gasteiger partial charge in [-0.3, -0.25) is 14.4 Å². The summed E-state index contributed by atoms with van der Waals surface area (Å²) in [5, 5.41) is 27.8. The van der Waals surface area contributed by atoms with Crippen LogP contribution in [0.4, 0.5) is 0 Å². The number of aliphatic carboxylic acids is 1. The third-order valence-electron chi connectivity index (χ3n) is 6.08. The van der Waals surface area contributed by atoms with Crippen molar-refractivity contribution >= 4 is 46.4 Å². The molecule has 1 heterocycles. The molecule has 0 fully saturated rings. The van der Waals surface area contributed by atoms with E-state index in [4.69, 9.17) is 11.5 Å². The number of aromatic amines is 1. The number of hydrogen-bond acceptors (Lipinski definition) is 8. The van der Waals surface area contributed by atoms with Gasteiger partial charge in [0.1, 0.15) is 18.1 Å². The van der Waals surface area contributed by atoms with Gasteiger partial charge in [0.05, 0.1) is 12.6 Å². The molecule has 4 unspecified atom stereocenters. The number of rotatable bonds is 17. The molecule has 1 aromatic heterocycles. The van der Waals surface area contributed by atoms with Crippen LogP contribution < -0.4 is 27.4 Å². The van der Waals surface area contributed by atoms with E-state index in [0.29, 0.717) is 31.6 Å². The Kier molecular flexibility index (Phi) is 13.1. The molecule has 1 aromatic carbocycles. The summed E-state index contributed by atoms with van der Waals surface area (Å²) in [7, 11) is 0. The highest BCUT2D eigenvalue weighted by Crippen LogP contribution is 2.19. The number of unbranched alkanes of at least 4 members (excludes halogenated alkanes) is 1. The summed E-state index contributed by atoms with van der Waals surface area (Å²) in [4.78, 5) is 53.3. The number of aliphatic hydroxyl groups is 1. The predicted molar refractivity (Wildman–Crippen MR) is 146 cm³/mol. The molecule has 0 radical (unpaired) electrons. The zero-order valence-electron chi connectivity index (χ0n) is 21.4. The average Bonchev–Trinajstić information content (AvgIpc) is 3.31. The molecule has 0 aliphatic rings. The van der Waals surface area contributed by atoms with E-state index >= 15 is 0 Å². The highest BCUT2D eigenvalue weighted by atomic mass is 32.2.